The van der Waals surface area contributed by atoms with E-state index in [2.05, 4.69) is 10.1 Å². The number of aliphatic imine (C=N–C) groups is 1. The van der Waals surface area contributed by atoms with Crippen molar-refractivity contribution in [3.8, 4) is 5.69 Å². The van der Waals surface area contributed by atoms with Crippen molar-refractivity contribution in [2.75, 3.05) is 0 Å². The topological polar surface area (TPSA) is 73.8 Å². The molecule has 6 nitrogen and oxygen atoms in total. The zero-order valence-corrected chi connectivity index (χ0v) is 18.2. The van der Waals surface area contributed by atoms with Crippen LogP contribution in [-0.2, 0) is 4.79 Å². The van der Waals surface area contributed by atoms with Crippen molar-refractivity contribution in [2.24, 2.45) is 10.1 Å². The van der Waals surface area contributed by atoms with Crippen LogP contribution < -0.4 is 0 Å². The first kappa shape index (κ1) is 19.7. The third-order valence-electron chi connectivity index (χ3n) is 5.05. The number of aryl methyl sites for hydroxylation is 1. The number of amidine groups is 2. The van der Waals surface area contributed by atoms with Crippen molar-refractivity contribution in [3.05, 3.63) is 81.1 Å². The second-order valence-electron chi connectivity index (χ2n) is 7.02. The molecule has 0 unspecified atom stereocenters. The third kappa shape index (κ3) is 3.26. The van der Waals surface area contributed by atoms with Gasteiger partial charge in [-0.15, -0.1) is 11.3 Å². The van der Waals surface area contributed by atoms with Gasteiger partial charge in [0.15, 0.2) is 5.84 Å². The molecule has 0 saturated carbocycles. The predicted octanol–water partition coefficient (Wildman–Crippen LogP) is 4.96. The SMILES string of the molecule is Cc1cc(/C=C2\C(=N)N3N=C(c4cccs4)SC3=NC2=O)c(C)n1-c1ccccc1F. The van der Waals surface area contributed by atoms with E-state index >= 15 is 0 Å². The van der Waals surface area contributed by atoms with Crippen LogP contribution in [0.3, 0.4) is 0 Å². The van der Waals surface area contributed by atoms with E-state index in [1.54, 1.807) is 28.8 Å². The smallest absolute Gasteiger partial charge is 0.283 e. The number of fused-ring (bicyclic) bond motifs is 1. The molecule has 9 heteroatoms. The van der Waals surface area contributed by atoms with Gasteiger partial charge in [-0.25, -0.2) is 4.39 Å². The fraction of sp³-hybridized carbons (Fsp3) is 0.0909. The molecule has 4 heterocycles. The molecule has 0 spiro atoms. The van der Waals surface area contributed by atoms with Gasteiger partial charge < -0.3 is 4.57 Å². The molecule has 1 amide bonds. The van der Waals surface area contributed by atoms with E-state index < -0.39 is 5.91 Å². The van der Waals surface area contributed by atoms with Crippen molar-refractivity contribution in [1.29, 1.82) is 5.41 Å². The Hall–Kier alpha value is -3.30. The van der Waals surface area contributed by atoms with Gasteiger partial charge in [0.1, 0.15) is 10.9 Å². The first-order valence-corrected chi connectivity index (χ1v) is 11.1. The van der Waals surface area contributed by atoms with Crippen LogP contribution in [0.2, 0.25) is 0 Å². The number of hydrazone groups is 1. The zero-order valence-electron chi connectivity index (χ0n) is 16.6. The lowest BCUT2D eigenvalue weighted by molar-refractivity contribution is -0.114. The minimum absolute atomic E-state index is 0.0234. The standard InChI is InChI=1S/C22H16FN5OS2/c1-12-10-14(13(2)27(12)17-7-4-3-6-16(17)23)11-15-19(24)28-22(25-20(15)29)31-21(26-28)18-8-5-9-30-18/h3-11,24H,1-2H3/b15-11+,24-19?. The molecule has 0 saturated heterocycles. The quantitative estimate of drug-likeness (QED) is 0.574. The van der Waals surface area contributed by atoms with Crippen LogP contribution >= 0.6 is 23.1 Å². The number of aromatic nitrogens is 1. The summed E-state index contributed by atoms with van der Waals surface area (Å²) in [5.41, 5.74) is 2.90. The Morgan fingerprint density at radius 2 is 1.97 bits per heavy atom. The number of thiophene rings is 1. The van der Waals surface area contributed by atoms with Crippen LogP contribution in [0.1, 0.15) is 21.8 Å². The van der Waals surface area contributed by atoms with Crippen LogP contribution in [0, 0.1) is 25.1 Å². The van der Waals surface area contributed by atoms with E-state index in [0.29, 0.717) is 15.9 Å². The Morgan fingerprint density at radius 1 is 1.16 bits per heavy atom. The van der Waals surface area contributed by atoms with E-state index in [-0.39, 0.29) is 17.2 Å². The van der Waals surface area contributed by atoms with Gasteiger partial charge in [-0.1, -0.05) is 18.2 Å². The second kappa shape index (κ2) is 7.44. The number of carbonyl (C=O) groups is 1. The number of benzene rings is 1. The lowest BCUT2D eigenvalue weighted by atomic mass is 10.1. The summed E-state index contributed by atoms with van der Waals surface area (Å²) in [6.07, 6.45) is 1.63. The maximum Gasteiger partial charge on any atom is 0.283 e. The summed E-state index contributed by atoms with van der Waals surface area (Å²) in [5.74, 6) is -0.837. The summed E-state index contributed by atoms with van der Waals surface area (Å²) >= 11 is 2.82. The molecule has 31 heavy (non-hydrogen) atoms. The highest BCUT2D eigenvalue weighted by atomic mass is 32.2. The molecule has 0 aliphatic carbocycles. The molecule has 0 bridgehead atoms. The Kier molecular flexibility index (Phi) is 4.71. The number of para-hydroxylation sites is 1. The van der Waals surface area contributed by atoms with Gasteiger partial charge in [-0.3, -0.25) is 10.2 Å². The molecular formula is C22H16FN5OS2. The Morgan fingerprint density at radius 3 is 2.71 bits per heavy atom. The molecule has 154 valence electrons. The summed E-state index contributed by atoms with van der Waals surface area (Å²) < 4.78 is 16.2. The fourth-order valence-corrected chi connectivity index (χ4v) is 5.27. The minimum Gasteiger partial charge on any atom is -0.315 e. The second-order valence-corrected chi connectivity index (χ2v) is 8.92. The van der Waals surface area contributed by atoms with Crippen molar-refractivity contribution < 1.29 is 9.18 Å². The maximum absolute atomic E-state index is 14.4. The summed E-state index contributed by atoms with van der Waals surface area (Å²) in [7, 11) is 0. The minimum atomic E-state index is -0.484. The van der Waals surface area contributed by atoms with E-state index in [4.69, 9.17) is 5.41 Å². The largest absolute Gasteiger partial charge is 0.315 e. The Bertz CT molecular complexity index is 1330. The lowest BCUT2D eigenvalue weighted by Gasteiger charge is -2.20. The number of hydrogen-bond donors (Lipinski definition) is 1. The van der Waals surface area contributed by atoms with Gasteiger partial charge >= 0.3 is 0 Å². The van der Waals surface area contributed by atoms with Crippen LogP contribution in [0.5, 0.6) is 0 Å². The van der Waals surface area contributed by atoms with Crippen LogP contribution in [0.4, 0.5) is 4.39 Å². The van der Waals surface area contributed by atoms with Gasteiger partial charge in [0.25, 0.3) is 5.91 Å². The van der Waals surface area contributed by atoms with Crippen LogP contribution in [-0.4, -0.2) is 31.5 Å². The maximum atomic E-state index is 14.4. The monoisotopic (exact) mass is 449 g/mol. The Labute approximate surface area is 185 Å². The molecule has 2 aliphatic heterocycles. The summed E-state index contributed by atoms with van der Waals surface area (Å²) in [5, 5.41) is 17.5. The number of nitrogens with one attached hydrogen (secondary N) is 1. The lowest BCUT2D eigenvalue weighted by Crippen LogP contribution is -2.35. The van der Waals surface area contributed by atoms with Crippen molar-refractivity contribution >= 4 is 51.1 Å². The molecule has 1 aromatic carbocycles. The average Bonchev–Trinajstić information content (AvgIpc) is 3.46. The number of hydrogen-bond acceptors (Lipinski definition) is 5. The molecule has 0 fully saturated rings. The molecule has 2 aromatic heterocycles. The highest BCUT2D eigenvalue weighted by molar-refractivity contribution is 8.27. The normalized spacial score (nSPS) is 17.3. The van der Waals surface area contributed by atoms with E-state index in [9.17, 15) is 9.18 Å². The van der Waals surface area contributed by atoms with Crippen molar-refractivity contribution in [3.63, 3.8) is 0 Å². The summed E-state index contributed by atoms with van der Waals surface area (Å²) in [6, 6.07) is 12.3. The first-order valence-electron chi connectivity index (χ1n) is 9.42. The van der Waals surface area contributed by atoms with Crippen molar-refractivity contribution in [1.82, 2.24) is 9.58 Å². The highest BCUT2D eigenvalue weighted by Crippen LogP contribution is 2.33. The van der Waals surface area contributed by atoms with Crippen LogP contribution in [0.15, 0.2) is 63.5 Å². The van der Waals surface area contributed by atoms with E-state index in [1.807, 2.05) is 37.4 Å². The molecular weight excluding hydrogens is 433 g/mol. The number of amides is 1. The molecule has 3 aromatic rings. The number of halogens is 1. The zero-order chi connectivity index (χ0) is 21.7. The Balaban J connectivity index is 1.54. The molecule has 0 radical (unpaired) electrons. The predicted molar refractivity (Wildman–Crippen MR) is 124 cm³/mol. The molecule has 0 atom stereocenters. The van der Waals surface area contributed by atoms with Crippen molar-refractivity contribution in [2.45, 2.75) is 13.8 Å². The van der Waals surface area contributed by atoms with Gasteiger partial charge in [0.2, 0.25) is 5.17 Å². The highest BCUT2D eigenvalue weighted by Gasteiger charge is 2.36. The van der Waals surface area contributed by atoms with E-state index in [1.165, 1.54) is 34.2 Å². The fourth-order valence-electron chi connectivity index (χ4n) is 3.58. The number of nitrogens with zero attached hydrogens (tertiary/aromatic N) is 4. The third-order valence-corrected chi connectivity index (χ3v) is 7.00. The number of thioether (sulfide) groups is 1. The molecule has 1 N–H and O–H groups in total. The van der Waals surface area contributed by atoms with E-state index in [0.717, 1.165) is 21.8 Å². The average molecular weight is 450 g/mol. The summed E-state index contributed by atoms with van der Waals surface area (Å²) in [6.45, 7) is 3.73. The molecule has 2 aliphatic rings. The number of rotatable bonds is 3. The van der Waals surface area contributed by atoms with Crippen LogP contribution in [0.25, 0.3) is 11.8 Å². The molecule has 5 rings (SSSR count). The van der Waals surface area contributed by atoms with Gasteiger partial charge in [0, 0.05) is 11.4 Å². The van der Waals surface area contributed by atoms with Gasteiger partial charge in [-0.2, -0.15) is 15.1 Å². The van der Waals surface area contributed by atoms with Gasteiger partial charge in [-0.05, 0) is 66.9 Å². The van der Waals surface area contributed by atoms with Gasteiger partial charge in [0.05, 0.1) is 16.1 Å². The first-order chi connectivity index (χ1) is 14.9. The number of carbonyl (C=O) groups excluding carboxylic acids is 1. The summed E-state index contributed by atoms with van der Waals surface area (Å²) in [4.78, 5) is 17.8.